The largest absolute Gasteiger partial charge is 0.348 e. The topological polar surface area (TPSA) is 75.4 Å². The Balaban J connectivity index is 0.00000400. The summed E-state index contributed by atoms with van der Waals surface area (Å²) >= 11 is 1.43. The molecule has 1 aliphatic rings. The fraction of sp³-hybridized carbons (Fsp3) is 0.833. The number of amides is 2. The highest BCUT2D eigenvalue weighted by Gasteiger charge is 2.39. The number of nitrogens with zero attached hydrogens (tertiary/aromatic N) is 1. The van der Waals surface area contributed by atoms with Gasteiger partial charge in [0.05, 0.1) is 19.0 Å². The lowest BCUT2D eigenvalue weighted by Crippen LogP contribution is -2.52. The Kier molecular flexibility index (Phi) is 7.38. The molecule has 1 saturated heterocycles. The van der Waals surface area contributed by atoms with E-state index >= 15 is 0 Å². The summed E-state index contributed by atoms with van der Waals surface area (Å²) in [5.74, 6) is -3.02. The monoisotopic (exact) mass is 345 g/mol. The molecular weight excluding hydrogens is 324 g/mol. The minimum absolute atomic E-state index is 0. The molecule has 1 fully saturated rings. The van der Waals surface area contributed by atoms with Crippen LogP contribution in [0.5, 0.6) is 0 Å². The van der Waals surface area contributed by atoms with Gasteiger partial charge in [0, 0.05) is 11.2 Å². The molecule has 1 rings (SSSR count). The lowest BCUT2D eigenvalue weighted by molar-refractivity contribution is -0.144. The predicted molar refractivity (Wildman–Crippen MR) is 81.7 cm³/mol. The number of carbonyl (C=O) groups is 2. The van der Waals surface area contributed by atoms with Crippen LogP contribution in [0.1, 0.15) is 20.8 Å². The lowest BCUT2D eigenvalue weighted by Gasteiger charge is -2.29. The third-order valence-electron chi connectivity index (χ3n) is 2.91. The zero-order valence-corrected chi connectivity index (χ0v) is 14.0. The van der Waals surface area contributed by atoms with Crippen molar-refractivity contribution >= 4 is 36.0 Å². The molecule has 0 aliphatic carbocycles. The smallest absolute Gasteiger partial charge is 0.277 e. The van der Waals surface area contributed by atoms with E-state index in [4.69, 9.17) is 5.73 Å². The fourth-order valence-corrected chi connectivity index (χ4v) is 2.85. The SMILES string of the molecule is CC(C)(C)C(=O)N1CSCC1C(=O)NCC(F)(F)CN.Cl. The van der Waals surface area contributed by atoms with Gasteiger partial charge in [0.15, 0.2) is 0 Å². The van der Waals surface area contributed by atoms with Crippen molar-refractivity contribution < 1.29 is 18.4 Å². The van der Waals surface area contributed by atoms with Gasteiger partial charge in [0.1, 0.15) is 6.04 Å². The van der Waals surface area contributed by atoms with E-state index in [2.05, 4.69) is 5.32 Å². The number of carbonyl (C=O) groups excluding carboxylic acids is 2. The molecule has 2 amide bonds. The van der Waals surface area contributed by atoms with E-state index in [1.807, 2.05) is 0 Å². The Hall–Kier alpha value is -0.600. The van der Waals surface area contributed by atoms with E-state index < -0.39 is 36.4 Å². The molecule has 0 bridgehead atoms. The van der Waals surface area contributed by atoms with E-state index in [1.165, 1.54) is 16.7 Å². The van der Waals surface area contributed by atoms with Gasteiger partial charge in [0.25, 0.3) is 5.92 Å². The van der Waals surface area contributed by atoms with E-state index in [1.54, 1.807) is 20.8 Å². The molecule has 0 spiro atoms. The zero-order valence-electron chi connectivity index (χ0n) is 12.3. The van der Waals surface area contributed by atoms with E-state index in [9.17, 15) is 18.4 Å². The maximum absolute atomic E-state index is 13.0. The second-order valence-corrected chi connectivity index (χ2v) is 6.82. The van der Waals surface area contributed by atoms with Crippen molar-refractivity contribution in [3.05, 3.63) is 0 Å². The van der Waals surface area contributed by atoms with E-state index in [0.717, 1.165) is 0 Å². The third-order valence-corrected chi connectivity index (χ3v) is 3.92. The summed E-state index contributed by atoms with van der Waals surface area (Å²) in [5.41, 5.74) is 4.30. The summed E-state index contributed by atoms with van der Waals surface area (Å²) in [7, 11) is 0. The standard InChI is InChI=1S/C12H21F2N3O2S.ClH/c1-11(2,3)10(19)17-7-20-4-8(17)9(18)16-6-12(13,14)5-15;/h8H,4-7,15H2,1-3H3,(H,16,18);1H. The molecule has 5 nitrogen and oxygen atoms in total. The van der Waals surface area contributed by atoms with Crippen LogP contribution in [0.2, 0.25) is 0 Å². The van der Waals surface area contributed by atoms with Crippen LogP contribution in [0.25, 0.3) is 0 Å². The van der Waals surface area contributed by atoms with Crippen molar-refractivity contribution in [2.24, 2.45) is 11.1 Å². The van der Waals surface area contributed by atoms with Crippen molar-refractivity contribution in [1.82, 2.24) is 10.2 Å². The summed E-state index contributed by atoms with van der Waals surface area (Å²) in [6.07, 6.45) is 0. The molecule has 0 saturated carbocycles. The molecule has 0 aromatic carbocycles. The van der Waals surface area contributed by atoms with Crippen LogP contribution in [0.3, 0.4) is 0 Å². The highest BCUT2D eigenvalue weighted by molar-refractivity contribution is 7.99. The molecule has 1 aliphatic heterocycles. The average molecular weight is 346 g/mol. The summed E-state index contributed by atoms with van der Waals surface area (Å²) in [6, 6.07) is -0.694. The minimum Gasteiger partial charge on any atom is -0.348 e. The van der Waals surface area contributed by atoms with Crippen LogP contribution < -0.4 is 11.1 Å². The van der Waals surface area contributed by atoms with E-state index in [-0.39, 0.29) is 18.3 Å². The van der Waals surface area contributed by atoms with Crippen molar-refractivity contribution in [1.29, 1.82) is 0 Å². The first-order valence-electron chi connectivity index (χ1n) is 6.33. The van der Waals surface area contributed by atoms with Crippen LogP contribution in [-0.4, -0.2) is 53.4 Å². The first-order valence-corrected chi connectivity index (χ1v) is 7.48. The van der Waals surface area contributed by atoms with Gasteiger partial charge >= 0.3 is 0 Å². The summed E-state index contributed by atoms with van der Waals surface area (Å²) in [5, 5.41) is 2.18. The van der Waals surface area contributed by atoms with Gasteiger partial charge in [-0.05, 0) is 0 Å². The first kappa shape index (κ1) is 20.4. The lowest BCUT2D eigenvalue weighted by atomic mass is 9.94. The Bertz CT molecular complexity index is 391. The van der Waals surface area contributed by atoms with Crippen molar-refractivity contribution in [3.8, 4) is 0 Å². The van der Waals surface area contributed by atoms with Crippen molar-refractivity contribution in [2.45, 2.75) is 32.7 Å². The molecule has 0 aromatic rings. The summed E-state index contributed by atoms with van der Waals surface area (Å²) < 4.78 is 26.0. The molecule has 0 radical (unpaired) electrons. The number of thioether (sulfide) groups is 1. The van der Waals surface area contributed by atoms with Crippen LogP contribution >= 0.6 is 24.2 Å². The van der Waals surface area contributed by atoms with E-state index in [0.29, 0.717) is 11.6 Å². The zero-order chi connectivity index (χ0) is 15.6. The maximum atomic E-state index is 13.0. The second-order valence-electron chi connectivity index (χ2n) is 5.82. The highest BCUT2D eigenvalue weighted by Crippen LogP contribution is 2.27. The first-order chi connectivity index (χ1) is 9.08. The molecule has 3 N–H and O–H groups in total. The van der Waals surface area contributed by atoms with Gasteiger partial charge in [-0.15, -0.1) is 24.2 Å². The normalized spacial score (nSPS) is 19.1. The number of hydrogen-bond acceptors (Lipinski definition) is 4. The second kappa shape index (κ2) is 7.60. The Labute approximate surface area is 133 Å². The van der Waals surface area contributed by atoms with Gasteiger partial charge in [-0.25, -0.2) is 8.78 Å². The molecule has 1 unspecified atom stereocenters. The molecule has 124 valence electrons. The quantitative estimate of drug-likeness (QED) is 0.799. The fourth-order valence-electron chi connectivity index (χ4n) is 1.70. The highest BCUT2D eigenvalue weighted by atomic mass is 35.5. The average Bonchev–Trinajstić information content (AvgIpc) is 2.83. The summed E-state index contributed by atoms with van der Waals surface area (Å²) in [6.45, 7) is 3.65. The van der Waals surface area contributed by atoms with Gasteiger partial charge in [0.2, 0.25) is 11.8 Å². The maximum Gasteiger partial charge on any atom is 0.277 e. The number of hydrogen-bond donors (Lipinski definition) is 2. The Morgan fingerprint density at radius 1 is 1.38 bits per heavy atom. The summed E-state index contributed by atoms with van der Waals surface area (Å²) in [4.78, 5) is 25.6. The molecule has 1 heterocycles. The van der Waals surface area contributed by atoms with Crippen molar-refractivity contribution in [2.75, 3.05) is 24.7 Å². The molecule has 21 heavy (non-hydrogen) atoms. The number of alkyl halides is 2. The molecule has 9 heteroatoms. The number of halogens is 3. The third kappa shape index (κ3) is 5.60. The van der Waals surface area contributed by atoms with Crippen LogP contribution in [0.4, 0.5) is 8.78 Å². The Morgan fingerprint density at radius 3 is 2.43 bits per heavy atom. The van der Waals surface area contributed by atoms with Gasteiger partial charge in [-0.1, -0.05) is 20.8 Å². The molecule has 0 aromatic heterocycles. The van der Waals surface area contributed by atoms with Gasteiger partial charge in [-0.2, -0.15) is 0 Å². The van der Waals surface area contributed by atoms with Gasteiger partial charge in [-0.3, -0.25) is 9.59 Å². The number of rotatable bonds is 4. The van der Waals surface area contributed by atoms with Crippen molar-refractivity contribution in [3.63, 3.8) is 0 Å². The van der Waals surface area contributed by atoms with Crippen LogP contribution in [-0.2, 0) is 9.59 Å². The number of nitrogens with one attached hydrogen (secondary N) is 1. The van der Waals surface area contributed by atoms with Crippen LogP contribution in [0, 0.1) is 5.41 Å². The number of nitrogens with two attached hydrogens (primary N) is 1. The van der Waals surface area contributed by atoms with Gasteiger partial charge < -0.3 is 16.0 Å². The molecular formula is C12H22ClF2N3O2S. The van der Waals surface area contributed by atoms with Crippen LogP contribution in [0.15, 0.2) is 0 Å². The minimum atomic E-state index is -3.12. The molecule has 1 atom stereocenters. The Morgan fingerprint density at radius 2 is 1.95 bits per heavy atom. The predicted octanol–water partition coefficient (Wildman–Crippen LogP) is 1.07.